The number of amidine groups is 1. The van der Waals surface area contributed by atoms with Crippen LogP contribution in [0, 0.1) is 6.92 Å². The Morgan fingerprint density at radius 2 is 2.03 bits per heavy atom. The van der Waals surface area contributed by atoms with Crippen LogP contribution in [0.25, 0.3) is 6.08 Å². The van der Waals surface area contributed by atoms with E-state index in [2.05, 4.69) is 62.1 Å². The summed E-state index contributed by atoms with van der Waals surface area (Å²) in [5.41, 5.74) is 5.43. The molecule has 1 saturated heterocycles. The largest absolute Gasteiger partial charge is 0.369 e. The topological polar surface area (TPSA) is 44.7 Å². The van der Waals surface area contributed by atoms with Crippen LogP contribution >= 0.6 is 35.0 Å². The van der Waals surface area contributed by atoms with Crippen molar-refractivity contribution in [1.29, 1.82) is 0 Å². The van der Waals surface area contributed by atoms with E-state index in [0.717, 1.165) is 17.5 Å². The first kappa shape index (κ1) is 22.3. The van der Waals surface area contributed by atoms with Gasteiger partial charge in [0.05, 0.1) is 20.6 Å². The number of aliphatic imine (C=N–C) groups is 1. The summed E-state index contributed by atoms with van der Waals surface area (Å²) in [4.78, 5) is 20.0. The standard InChI is InChI=1S/C24H25Cl2N3OS/c1-13-9-19-16(14(2)12-24(3,4)29(19)5)10-15(13)11-20-22(30)28-23(31-20)27-18-8-6-7-17(25)21(18)26/h6-11,14H,12H2,1-5H3,(H,27,28,30)/b20-11-/t14-/m1/s1. The van der Waals surface area contributed by atoms with E-state index < -0.39 is 0 Å². The molecular weight excluding hydrogens is 449 g/mol. The van der Waals surface area contributed by atoms with Crippen LogP contribution in [-0.4, -0.2) is 23.7 Å². The van der Waals surface area contributed by atoms with Crippen molar-refractivity contribution < 1.29 is 4.79 Å². The molecule has 2 heterocycles. The summed E-state index contributed by atoms with van der Waals surface area (Å²) >= 11 is 13.6. The van der Waals surface area contributed by atoms with Gasteiger partial charge >= 0.3 is 0 Å². The molecular formula is C24H25Cl2N3OS. The fourth-order valence-electron chi connectivity index (χ4n) is 4.20. The summed E-state index contributed by atoms with van der Waals surface area (Å²) in [7, 11) is 2.16. The highest BCUT2D eigenvalue weighted by Gasteiger charge is 2.34. The van der Waals surface area contributed by atoms with Gasteiger partial charge in [-0.15, -0.1) is 0 Å². The van der Waals surface area contributed by atoms with Gasteiger partial charge < -0.3 is 10.2 Å². The summed E-state index contributed by atoms with van der Waals surface area (Å²) in [6.45, 7) is 8.93. The van der Waals surface area contributed by atoms with Gasteiger partial charge in [-0.2, -0.15) is 0 Å². The number of fused-ring (bicyclic) bond motifs is 1. The zero-order chi connectivity index (χ0) is 22.5. The van der Waals surface area contributed by atoms with E-state index >= 15 is 0 Å². The zero-order valence-electron chi connectivity index (χ0n) is 18.2. The normalized spacial score (nSPS) is 22.7. The molecule has 162 valence electrons. The van der Waals surface area contributed by atoms with Crippen LogP contribution < -0.4 is 10.2 Å². The molecule has 1 N–H and O–H groups in total. The SMILES string of the molecule is Cc1cc2c(cc1/C=C1\SC(=Nc3cccc(Cl)c3Cl)NC1=O)[C@H](C)CC(C)(C)N2C. The van der Waals surface area contributed by atoms with Gasteiger partial charge in [-0.25, -0.2) is 4.99 Å². The van der Waals surface area contributed by atoms with Gasteiger partial charge in [-0.3, -0.25) is 4.79 Å². The molecule has 4 nitrogen and oxygen atoms in total. The summed E-state index contributed by atoms with van der Waals surface area (Å²) < 4.78 is 0. The molecule has 1 atom stereocenters. The van der Waals surface area contributed by atoms with Crippen LogP contribution in [0.2, 0.25) is 10.0 Å². The maximum absolute atomic E-state index is 12.6. The molecule has 0 radical (unpaired) electrons. The Bertz CT molecular complexity index is 1140. The Morgan fingerprint density at radius 3 is 2.77 bits per heavy atom. The van der Waals surface area contributed by atoms with Gasteiger partial charge in [0.15, 0.2) is 5.17 Å². The fourth-order valence-corrected chi connectivity index (χ4v) is 5.36. The Labute approximate surface area is 197 Å². The van der Waals surface area contributed by atoms with Crippen molar-refractivity contribution in [2.75, 3.05) is 11.9 Å². The molecule has 0 unspecified atom stereocenters. The highest BCUT2D eigenvalue weighted by molar-refractivity contribution is 8.18. The molecule has 0 aliphatic carbocycles. The lowest BCUT2D eigenvalue weighted by atomic mass is 9.79. The third-order valence-corrected chi connectivity index (χ3v) is 7.83. The molecule has 2 aromatic rings. The summed E-state index contributed by atoms with van der Waals surface area (Å²) in [5, 5.41) is 4.12. The average molecular weight is 474 g/mol. The number of halogens is 2. The molecule has 4 rings (SSSR count). The number of aryl methyl sites for hydroxylation is 1. The molecule has 0 aromatic heterocycles. The molecule has 31 heavy (non-hydrogen) atoms. The van der Waals surface area contributed by atoms with Crippen molar-refractivity contribution in [3.63, 3.8) is 0 Å². The number of carbonyl (C=O) groups is 1. The van der Waals surface area contributed by atoms with Crippen molar-refractivity contribution in [1.82, 2.24) is 5.32 Å². The smallest absolute Gasteiger partial charge is 0.264 e. The summed E-state index contributed by atoms with van der Waals surface area (Å²) in [5.74, 6) is 0.288. The van der Waals surface area contributed by atoms with E-state index in [4.69, 9.17) is 23.2 Å². The number of carbonyl (C=O) groups excluding carboxylic acids is 1. The number of hydrogen-bond acceptors (Lipinski definition) is 4. The Balaban J connectivity index is 1.67. The van der Waals surface area contributed by atoms with Crippen molar-refractivity contribution in [3.05, 3.63) is 62.0 Å². The van der Waals surface area contributed by atoms with E-state index in [0.29, 0.717) is 31.7 Å². The van der Waals surface area contributed by atoms with Crippen LogP contribution in [0.1, 0.15) is 49.8 Å². The minimum absolute atomic E-state index is 0.118. The summed E-state index contributed by atoms with van der Waals surface area (Å²) in [6.07, 6.45) is 3.03. The average Bonchev–Trinajstić information content (AvgIpc) is 3.03. The second-order valence-electron chi connectivity index (χ2n) is 8.80. The zero-order valence-corrected chi connectivity index (χ0v) is 20.5. The lowest BCUT2D eigenvalue weighted by Crippen LogP contribution is -2.45. The van der Waals surface area contributed by atoms with Gasteiger partial charge in [0, 0.05) is 18.3 Å². The Hall–Kier alpha value is -1.95. The molecule has 0 saturated carbocycles. The van der Waals surface area contributed by atoms with Crippen LogP contribution in [0.3, 0.4) is 0 Å². The highest BCUT2D eigenvalue weighted by atomic mass is 35.5. The second-order valence-corrected chi connectivity index (χ2v) is 10.6. The second kappa shape index (κ2) is 8.19. The molecule has 0 bridgehead atoms. The minimum atomic E-state index is -0.162. The van der Waals surface area contributed by atoms with Crippen LogP contribution in [0.5, 0.6) is 0 Å². The fraction of sp³-hybridized carbons (Fsp3) is 0.333. The number of thioether (sulfide) groups is 1. The first-order chi connectivity index (χ1) is 14.6. The molecule has 2 aliphatic heterocycles. The lowest BCUT2D eigenvalue weighted by molar-refractivity contribution is -0.115. The number of benzene rings is 2. The van der Waals surface area contributed by atoms with Gasteiger partial charge in [0.1, 0.15) is 0 Å². The van der Waals surface area contributed by atoms with E-state index in [9.17, 15) is 4.79 Å². The maximum Gasteiger partial charge on any atom is 0.264 e. The van der Waals surface area contributed by atoms with Crippen molar-refractivity contribution in [2.24, 2.45) is 4.99 Å². The molecule has 1 fully saturated rings. The van der Waals surface area contributed by atoms with Gasteiger partial charge in [-0.05, 0) is 91.9 Å². The molecule has 2 aliphatic rings. The number of anilines is 1. The maximum atomic E-state index is 12.6. The van der Waals surface area contributed by atoms with Crippen LogP contribution in [0.4, 0.5) is 11.4 Å². The molecule has 1 amide bonds. The Morgan fingerprint density at radius 1 is 1.29 bits per heavy atom. The number of rotatable bonds is 2. The third-order valence-electron chi connectivity index (χ3n) is 6.11. The van der Waals surface area contributed by atoms with Crippen LogP contribution in [0.15, 0.2) is 40.2 Å². The predicted octanol–water partition coefficient (Wildman–Crippen LogP) is 6.92. The van der Waals surface area contributed by atoms with E-state index in [1.807, 2.05) is 6.08 Å². The lowest BCUT2D eigenvalue weighted by Gasteiger charge is -2.45. The van der Waals surface area contributed by atoms with Crippen molar-refractivity contribution in [3.8, 4) is 0 Å². The Kier molecular flexibility index (Phi) is 5.88. The molecule has 0 spiro atoms. The van der Waals surface area contributed by atoms with E-state index in [1.165, 1.54) is 23.0 Å². The molecule has 7 heteroatoms. The van der Waals surface area contributed by atoms with E-state index in [1.54, 1.807) is 18.2 Å². The first-order valence-electron chi connectivity index (χ1n) is 10.2. The van der Waals surface area contributed by atoms with Gasteiger partial charge in [0.2, 0.25) is 0 Å². The minimum Gasteiger partial charge on any atom is -0.369 e. The quantitative estimate of drug-likeness (QED) is 0.481. The van der Waals surface area contributed by atoms with Gasteiger partial charge in [0.25, 0.3) is 5.91 Å². The van der Waals surface area contributed by atoms with Gasteiger partial charge in [-0.1, -0.05) is 36.2 Å². The summed E-state index contributed by atoms with van der Waals surface area (Å²) in [6, 6.07) is 9.71. The third kappa shape index (κ3) is 4.23. The number of amides is 1. The highest BCUT2D eigenvalue weighted by Crippen LogP contribution is 2.44. The van der Waals surface area contributed by atoms with Crippen molar-refractivity contribution in [2.45, 2.75) is 45.6 Å². The first-order valence-corrected chi connectivity index (χ1v) is 11.8. The molecule has 2 aromatic carbocycles. The number of nitrogens with zero attached hydrogens (tertiary/aromatic N) is 2. The van der Waals surface area contributed by atoms with E-state index in [-0.39, 0.29) is 11.4 Å². The monoisotopic (exact) mass is 473 g/mol. The predicted molar refractivity (Wildman–Crippen MR) is 134 cm³/mol. The van der Waals surface area contributed by atoms with Crippen molar-refractivity contribution >= 4 is 63.5 Å². The van der Waals surface area contributed by atoms with Crippen LogP contribution in [-0.2, 0) is 4.79 Å². The number of hydrogen-bond donors (Lipinski definition) is 1. The number of nitrogens with one attached hydrogen (secondary N) is 1.